The maximum Gasteiger partial charge on any atom is 0.252 e. The number of pyridine rings is 1. The van der Waals surface area contributed by atoms with Crippen LogP contribution in [0.1, 0.15) is 59.8 Å². The summed E-state index contributed by atoms with van der Waals surface area (Å²) in [7, 11) is 0. The third-order valence-corrected chi connectivity index (χ3v) is 6.04. The summed E-state index contributed by atoms with van der Waals surface area (Å²) in [4.78, 5) is 36.1. The lowest BCUT2D eigenvalue weighted by Crippen LogP contribution is -2.37. The number of imidazole rings is 1. The van der Waals surface area contributed by atoms with E-state index in [1.807, 2.05) is 29.0 Å². The average molecular weight is 446 g/mol. The Morgan fingerprint density at radius 2 is 2.00 bits per heavy atom. The van der Waals surface area contributed by atoms with E-state index < -0.39 is 0 Å². The minimum Gasteiger partial charge on any atom is -0.352 e. The number of anilines is 1. The van der Waals surface area contributed by atoms with Crippen molar-refractivity contribution in [3.63, 3.8) is 0 Å². The van der Waals surface area contributed by atoms with Crippen molar-refractivity contribution in [2.24, 2.45) is 0 Å². The number of rotatable bonds is 8. The van der Waals surface area contributed by atoms with Crippen LogP contribution in [0.2, 0.25) is 0 Å². The normalized spacial score (nSPS) is 13.1. The molecule has 1 aliphatic rings. The summed E-state index contributed by atoms with van der Waals surface area (Å²) in [6.07, 6.45) is 9.85. The Labute approximate surface area is 194 Å². The third kappa shape index (κ3) is 5.66. The molecule has 0 saturated heterocycles. The summed E-state index contributed by atoms with van der Waals surface area (Å²) < 4.78 is 1.98. The quantitative estimate of drug-likeness (QED) is 0.536. The van der Waals surface area contributed by atoms with Crippen LogP contribution in [-0.2, 0) is 24.2 Å². The number of carbonyl (C=O) groups is 2. The van der Waals surface area contributed by atoms with Gasteiger partial charge in [0.25, 0.3) is 5.91 Å². The van der Waals surface area contributed by atoms with Crippen molar-refractivity contribution in [3.05, 3.63) is 77.6 Å². The van der Waals surface area contributed by atoms with E-state index in [-0.39, 0.29) is 11.8 Å². The van der Waals surface area contributed by atoms with Gasteiger partial charge in [-0.1, -0.05) is 38.1 Å². The van der Waals surface area contributed by atoms with Gasteiger partial charge in [0.1, 0.15) is 0 Å². The molecule has 3 heterocycles. The largest absolute Gasteiger partial charge is 0.352 e. The highest BCUT2D eigenvalue weighted by molar-refractivity contribution is 5.99. The predicted molar refractivity (Wildman–Crippen MR) is 128 cm³/mol. The molecule has 33 heavy (non-hydrogen) atoms. The monoisotopic (exact) mass is 445 g/mol. The molecule has 0 bridgehead atoms. The fraction of sp³-hybridized carbons (Fsp3) is 0.385. The van der Waals surface area contributed by atoms with Crippen molar-refractivity contribution in [3.8, 4) is 0 Å². The number of benzene rings is 1. The molecule has 0 saturated carbocycles. The average Bonchev–Trinajstić information content (AvgIpc) is 3.35. The minimum atomic E-state index is -0.168. The van der Waals surface area contributed by atoms with Crippen LogP contribution in [0.5, 0.6) is 0 Å². The highest BCUT2D eigenvalue weighted by Gasteiger charge is 2.25. The topological polar surface area (TPSA) is 80.1 Å². The van der Waals surface area contributed by atoms with Crippen molar-refractivity contribution >= 4 is 17.5 Å². The van der Waals surface area contributed by atoms with Gasteiger partial charge in [0.05, 0.1) is 29.7 Å². The molecule has 1 aromatic carbocycles. The van der Waals surface area contributed by atoms with Crippen molar-refractivity contribution in [2.75, 3.05) is 18.0 Å². The first-order chi connectivity index (χ1) is 16.0. The molecule has 0 atom stereocenters. The molecule has 0 aliphatic carbocycles. The summed E-state index contributed by atoms with van der Waals surface area (Å²) in [5.74, 6) is 0.330. The number of aryl methyl sites for hydroxylation is 2. The zero-order valence-corrected chi connectivity index (χ0v) is 19.3. The summed E-state index contributed by atoms with van der Waals surface area (Å²) >= 11 is 0. The number of amides is 2. The Morgan fingerprint density at radius 1 is 1.18 bits per heavy atom. The highest BCUT2D eigenvalue weighted by atomic mass is 16.2. The number of hydrogen-bond donors (Lipinski definition) is 1. The Bertz CT molecular complexity index is 1090. The Balaban J connectivity index is 1.40. The van der Waals surface area contributed by atoms with Crippen molar-refractivity contribution < 1.29 is 9.59 Å². The molecule has 7 nitrogen and oxygen atoms in total. The van der Waals surface area contributed by atoms with E-state index in [1.54, 1.807) is 23.6 Å². The fourth-order valence-electron chi connectivity index (χ4n) is 4.09. The van der Waals surface area contributed by atoms with Gasteiger partial charge in [-0.05, 0) is 42.4 Å². The van der Waals surface area contributed by atoms with Gasteiger partial charge in [0.15, 0.2) is 0 Å². The van der Waals surface area contributed by atoms with E-state index in [1.165, 1.54) is 5.56 Å². The summed E-state index contributed by atoms with van der Waals surface area (Å²) in [5.41, 5.74) is 4.38. The standard InChI is InChI=1S/C26H31N5O2/c1-19(2)21-8-6-20(7-9-21)15-25(32)31-13-3-5-23-24(31)16-22(17-29-23)26(33)28-10-4-12-30-14-11-27-18-30/h6-9,11,14,16-19H,3-5,10,12-13,15H2,1-2H3,(H,28,33). The van der Waals surface area contributed by atoms with Gasteiger partial charge in [-0.2, -0.15) is 0 Å². The summed E-state index contributed by atoms with van der Waals surface area (Å²) in [6, 6.07) is 10.1. The summed E-state index contributed by atoms with van der Waals surface area (Å²) in [6.45, 7) is 6.32. The van der Waals surface area contributed by atoms with Crippen LogP contribution >= 0.6 is 0 Å². The van der Waals surface area contributed by atoms with Crippen LogP contribution in [0.3, 0.4) is 0 Å². The smallest absolute Gasteiger partial charge is 0.252 e. The lowest BCUT2D eigenvalue weighted by molar-refractivity contribution is -0.118. The van der Waals surface area contributed by atoms with Gasteiger partial charge in [0, 0.05) is 38.2 Å². The van der Waals surface area contributed by atoms with Gasteiger partial charge in [-0.15, -0.1) is 0 Å². The van der Waals surface area contributed by atoms with Gasteiger partial charge in [0.2, 0.25) is 5.91 Å². The molecule has 2 aromatic heterocycles. The zero-order valence-electron chi connectivity index (χ0n) is 19.3. The Hall–Kier alpha value is -3.48. The zero-order chi connectivity index (χ0) is 23.2. The number of nitrogens with zero attached hydrogens (tertiary/aromatic N) is 4. The van der Waals surface area contributed by atoms with Crippen LogP contribution in [0.4, 0.5) is 5.69 Å². The van der Waals surface area contributed by atoms with E-state index >= 15 is 0 Å². The molecule has 172 valence electrons. The summed E-state index contributed by atoms with van der Waals surface area (Å²) in [5, 5.41) is 2.95. The Kier molecular flexibility index (Phi) is 7.17. The molecular formula is C26H31N5O2. The van der Waals surface area contributed by atoms with E-state index in [2.05, 4.69) is 41.3 Å². The highest BCUT2D eigenvalue weighted by Crippen LogP contribution is 2.27. The number of aromatic nitrogens is 3. The lowest BCUT2D eigenvalue weighted by Gasteiger charge is -2.29. The number of carbonyl (C=O) groups excluding carboxylic acids is 2. The first-order valence-corrected chi connectivity index (χ1v) is 11.6. The molecule has 0 unspecified atom stereocenters. The van der Waals surface area contributed by atoms with Crippen LogP contribution < -0.4 is 10.2 Å². The second-order valence-corrected chi connectivity index (χ2v) is 8.82. The molecule has 1 N–H and O–H groups in total. The van der Waals surface area contributed by atoms with Gasteiger partial charge in [-0.25, -0.2) is 4.98 Å². The molecule has 1 aliphatic heterocycles. The molecule has 7 heteroatoms. The maximum absolute atomic E-state index is 13.1. The second kappa shape index (κ2) is 10.4. The van der Waals surface area contributed by atoms with Crippen LogP contribution in [0.25, 0.3) is 0 Å². The molecule has 0 spiro atoms. The van der Waals surface area contributed by atoms with Crippen molar-refractivity contribution in [2.45, 2.75) is 52.0 Å². The predicted octanol–water partition coefficient (Wildman–Crippen LogP) is 3.74. The van der Waals surface area contributed by atoms with Gasteiger partial charge >= 0.3 is 0 Å². The first kappa shape index (κ1) is 22.7. The van der Waals surface area contributed by atoms with E-state index in [4.69, 9.17) is 0 Å². The second-order valence-electron chi connectivity index (χ2n) is 8.82. The van der Waals surface area contributed by atoms with E-state index in [0.717, 1.165) is 42.8 Å². The van der Waals surface area contributed by atoms with Crippen molar-refractivity contribution in [1.29, 1.82) is 0 Å². The van der Waals surface area contributed by atoms with E-state index in [0.29, 0.717) is 31.0 Å². The van der Waals surface area contributed by atoms with Crippen LogP contribution in [-0.4, -0.2) is 39.4 Å². The third-order valence-electron chi connectivity index (χ3n) is 6.04. The molecule has 2 amide bonds. The molecule has 0 fully saturated rings. The van der Waals surface area contributed by atoms with Crippen molar-refractivity contribution in [1.82, 2.24) is 19.9 Å². The molecular weight excluding hydrogens is 414 g/mol. The number of hydrogen-bond acceptors (Lipinski definition) is 4. The molecule has 4 rings (SSSR count). The SMILES string of the molecule is CC(C)c1ccc(CC(=O)N2CCCc3ncc(C(=O)NCCCn4ccnc4)cc32)cc1. The maximum atomic E-state index is 13.1. The first-order valence-electron chi connectivity index (χ1n) is 11.6. The van der Waals surface area contributed by atoms with E-state index in [9.17, 15) is 9.59 Å². The molecule has 0 radical (unpaired) electrons. The number of nitrogens with one attached hydrogen (secondary N) is 1. The number of fused-ring (bicyclic) bond motifs is 1. The minimum absolute atomic E-state index is 0.0351. The Morgan fingerprint density at radius 3 is 2.73 bits per heavy atom. The van der Waals surface area contributed by atoms with Crippen LogP contribution in [0, 0.1) is 0 Å². The van der Waals surface area contributed by atoms with Gasteiger partial charge in [-0.3, -0.25) is 14.6 Å². The van der Waals surface area contributed by atoms with Gasteiger partial charge < -0.3 is 14.8 Å². The lowest BCUT2D eigenvalue weighted by atomic mass is 10.00. The fourth-order valence-corrected chi connectivity index (χ4v) is 4.09. The van der Waals surface area contributed by atoms with Crippen LogP contribution in [0.15, 0.2) is 55.2 Å². The molecule has 3 aromatic rings.